The summed E-state index contributed by atoms with van der Waals surface area (Å²) in [7, 11) is 0. The summed E-state index contributed by atoms with van der Waals surface area (Å²) in [5.74, 6) is 0. The molecule has 0 heterocycles. The van der Waals surface area contributed by atoms with E-state index in [0.717, 1.165) is 0 Å². The van der Waals surface area contributed by atoms with Crippen LogP contribution in [0.15, 0.2) is 12.1 Å². The van der Waals surface area contributed by atoms with Crippen LogP contribution in [0.2, 0.25) is 0 Å². The van der Waals surface area contributed by atoms with Gasteiger partial charge in [0, 0.05) is 5.30 Å². The van der Waals surface area contributed by atoms with Gasteiger partial charge in [0.1, 0.15) is 0 Å². The Morgan fingerprint density at radius 2 is 1.00 bits per heavy atom. The minimum Gasteiger partial charge on any atom is -0.166 e. The van der Waals surface area contributed by atoms with Crippen molar-refractivity contribution in [2.45, 2.75) is 18.5 Å². The maximum absolute atomic E-state index is 12.8. The van der Waals surface area contributed by atoms with Crippen molar-refractivity contribution in [3.8, 4) is 0 Å². The number of benzene rings is 1. The average molecular weight is 472 g/mol. The molecule has 1 rings (SSSR count). The van der Waals surface area contributed by atoms with E-state index in [4.69, 9.17) is 0 Å². The molecule has 1 aromatic carbocycles. The Labute approximate surface area is 128 Å². The lowest BCUT2D eigenvalue weighted by Crippen LogP contribution is -2.26. The predicted molar refractivity (Wildman–Crippen MR) is 65.9 cm³/mol. The van der Waals surface area contributed by atoms with E-state index in [-0.39, 0.29) is 12.1 Å². The predicted octanol–water partition coefficient (Wildman–Crippen LogP) is 6.47. The largest absolute Gasteiger partial charge is 0.417 e. The van der Waals surface area contributed by atoms with Gasteiger partial charge in [-0.1, -0.05) is 0 Å². The third-order valence-electron chi connectivity index (χ3n) is 2.22. The van der Waals surface area contributed by atoms with E-state index in [2.05, 4.69) is 31.0 Å². The van der Waals surface area contributed by atoms with Crippen molar-refractivity contribution in [3.63, 3.8) is 0 Å². The van der Waals surface area contributed by atoms with Crippen LogP contribution < -0.4 is 5.30 Å². The third kappa shape index (κ3) is 4.48. The fourth-order valence-electron chi connectivity index (χ4n) is 1.41. The molecular weight excluding hydrogens is 470 g/mol. The molecule has 0 N–H and O–H groups in total. The number of alkyl halides is 9. The quantitative estimate of drug-likeness (QED) is 0.325. The summed E-state index contributed by atoms with van der Waals surface area (Å²) in [6.45, 7) is 0. The number of halogens is 11. The summed E-state index contributed by atoms with van der Waals surface area (Å²) in [5.41, 5.74) is -5.98. The van der Waals surface area contributed by atoms with Crippen LogP contribution in [-0.4, -0.2) is 0 Å². The minimum absolute atomic E-state index is 0.331. The van der Waals surface area contributed by atoms with Crippen LogP contribution in [0.25, 0.3) is 0 Å². The zero-order valence-corrected chi connectivity index (χ0v) is 13.3. The Morgan fingerprint density at radius 1 is 0.667 bits per heavy atom. The van der Waals surface area contributed by atoms with Gasteiger partial charge in [0.25, 0.3) is 0 Å². The van der Waals surface area contributed by atoms with Gasteiger partial charge in [-0.25, -0.2) is 0 Å². The highest BCUT2D eigenvalue weighted by Gasteiger charge is 2.45. The lowest BCUT2D eigenvalue weighted by molar-refractivity contribution is -0.147. The molecule has 0 aliphatic rings. The molecule has 0 bridgehead atoms. The molecule has 0 aliphatic carbocycles. The van der Waals surface area contributed by atoms with Crippen molar-refractivity contribution >= 4 is 41.6 Å². The smallest absolute Gasteiger partial charge is 0.166 e. The summed E-state index contributed by atoms with van der Waals surface area (Å²) in [4.78, 5) is 0. The van der Waals surface area contributed by atoms with Gasteiger partial charge in [-0.3, -0.25) is 0 Å². The van der Waals surface area contributed by atoms with E-state index < -0.39 is 45.9 Å². The monoisotopic (exact) mass is 470 g/mol. The lowest BCUT2D eigenvalue weighted by Gasteiger charge is -2.21. The molecule has 21 heavy (non-hydrogen) atoms. The molecule has 0 unspecified atom stereocenters. The Kier molecular flexibility index (Phi) is 5.33. The van der Waals surface area contributed by atoms with Crippen molar-refractivity contribution < 1.29 is 39.5 Å². The molecule has 12 heteroatoms. The van der Waals surface area contributed by atoms with Crippen LogP contribution in [0.1, 0.15) is 16.7 Å². The van der Waals surface area contributed by atoms with Gasteiger partial charge in [-0.2, -0.15) is 39.5 Å². The maximum Gasteiger partial charge on any atom is 0.417 e. The summed E-state index contributed by atoms with van der Waals surface area (Å²) >= 11 is 5.09. The fourth-order valence-corrected chi connectivity index (χ4v) is 4.45. The van der Waals surface area contributed by atoms with Gasteiger partial charge < -0.3 is 0 Å². The molecule has 0 spiro atoms. The van der Waals surface area contributed by atoms with E-state index in [1.54, 1.807) is 0 Å². The molecule has 1 aromatic rings. The molecule has 120 valence electrons. The van der Waals surface area contributed by atoms with E-state index in [0.29, 0.717) is 0 Å². The topological polar surface area (TPSA) is 0 Å². The van der Waals surface area contributed by atoms with Crippen LogP contribution >= 0.6 is 36.3 Å². The van der Waals surface area contributed by atoms with E-state index in [1.165, 1.54) is 0 Å². The number of rotatable bonds is 1. The summed E-state index contributed by atoms with van der Waals surface area (Å²) in [6, 6.07) is -0.662. The van der Waals surface area contributed by atoms with Crippen LogP contribution in [0.4, 0.5) is 39.5 Å². The summed E-state index contributed by atoms with van der Waals surface area (Å²) in [5, 5.41) is -3.59. The van der Waals surface area contributed by atoms with Gasteiger partial charge >= 0.3 is 18.5 Å². The van der Waals surface area contributed by atoms with Crippen LogP contribution in [0.3, 0.4) is 0 Å². The second kappa shape index (κ2) is 5.88. The highest BCUT2D eigenvalue weighted by Crippen LogP contribution is 2.56. The summed E-state index contributed by atoms with van der Waals surface area (Å²) in [6.07, 6.45) is -16.1. The first-order valence-electron chi connectivity index (χ1n) is 4.67. The Balaban J connectivity index is 3.85. The zero-order valence-electron chi connectivity index (χ0n) is 9.26. The highest BCUT2D eigenvalue weighted by molar-refractivity contribution is 9.70. The van der Waals surface area contributed by atoms with E-state index in [1.807, 2.05) is 0 Å². The Bertz CT molecular complexity index is 494. The molecule has 0 aliphatic heterocycles. The Hall–Kier alpha value is -0.0200. The first-order valence-corrected chi connectivity index (χ1v) is 10.0. The first-order chi connectivity index (χ1) is 9.15. The molecule has 0 saturated carbocycles. The van der Waals surface area contributed by atoms with Gasteiger partial charge in [-0.05, 0) is 43.1 Å². The van der Waals surface area contributed by atoms with Crippen molar-refractivity contribution in [1.82, 2.24) is 0 Å². The van der Waals surface area contributed by atoms with Gasteiger partial charge in [0.05, 0.1) is 22.0 Å². The molecule has 0 radical (unpaired) electrons. The minimum atomic E-state index is -5.36. The van der Waals surface area contributed by atoms with Gasteiger partial charge in [0.15, 0.2) is 0 Å². The molecule has 0 saturated heterocycles. The van der Waals surface area contributed by atoms with Crippen molar-refractivity contribution in [2.24, 2.45) is 0 Å². The molecule has 0 fully saturated rings. The third-order valence-corrected chi connectivity index (χ3v) is 5.16. The van der Waals surface area contributed by atoms with Crippen LogP contribution in [-0.2, 0) is 18.5 Å². The number of hydrogen-bond acceptors (Lipinski definition) is 0. The number of hydrogen-bond donors (Lipinski definition) is 0. The molecule has 0 amide bonds. The maximum atomic E-state index is 12.8. The van der Waals surface area contributed by atoms with Crippen molar-refractivity contribution in [2.75, 3.05) is 0 Å². The zero-order chi connectivity index (χ0) is 16.8. The molecular formula is C9H2Br2F9P. The second-order valence-corrected chi connectivity index (χ2v) is 11.7. The highest BCUT2D eigenvalue weighted by atomic mass is 79.9. The second-order valence-electron chi connectivity index (χ2n) is 3.65. The lowest BCUT2D eigenvalue weighted by atomic mass is 10.0. The van der Waals surface area contributed by atoms with Crippen LogP contribution in [0, 0.1) is 0 Å². The first kappa shape index (κ1) is 19.0. The normalized spacial score (nSPS) is 13.9. The molecule has 0 aromatic heterocycles. The molecule has 0 atom stereocenters. The molecule has 0 nitrogen and oxygen atoms in total. The fraction of sp³-hybridized carbons (Fsp3) is 0.333. The van der Waals surface area contributed by atoms with E-state index in [9.17, 15) is 39.5 Å². The Morgan fingerprint density at radius 3 is 1.19 bits per heavy atom. The van der Waals surface area contributed by atoms with Crippen LogP contribution in [0.5, 0.6) is 0 Å². The van der Waals surface area contributed by atoms with Crippen molar-refractivity contribution in [1.29, 1.82) is 0 Å². The average Bonchev–Trinajstić information content (AvgIpc) is 2.23. The SMILES string of the molecule is FC(F)(F)c1cc(C(F)(F)F)c(P(Br)Br)c(C(F)(F)F)c1. The van der Waals surface area contributed by atoms with Crippen molar-refractivity contribution in [3.05, 3.63) is 28.8 Å². The van der Waals surface area contributed by atoms with Gasteiger partial charge in [-0.15, -0.1) is 0 Å². The standard InChI is InChI=1S/C9H2Br2F9P/c10-21(11)6-4(8(15,16)17)1-3(7(12,13)14)2-5(6)9(18,19)20/h1-2H. The van der Waals surface area contributed by atoms with E-state index >= 15 is 0 Å². The van der Waals surface area contributed by atoms with Gasteiger partial charge in [0.2, 0.25) is 0 Å². The summed E-state index contributed by atoms with van der Waals surface area (Å²) < 4.78 is 114.